The van der Waals surface area contributed by atoms with Crippen molar-refractivity contribution >= 4 is 46.3 Å². The molecule has 1 rings (SSSR count). The second kappa shape index (κ2) is 8.09. The highest BCUT2D eigenvalue weighted by Crippen LogP contribution is 2.37. The van der Waals surface area contributed by atoms with E-state index < -0.39 is 8.32 Å². The molecule has 118 valence electrons. The lowest BCUT2D eigenvalue weighted by molar-refractivity contribution is 0.291. The highest BCUT2D eigenvalue weighted by molar-refractivity contribution is 9.12. The third-order valence-electron chi connectivity index (χ3n) is 4.03. The smallest absolute Gasteiger partial charge is 0.192 e. The predicted molar refractivity (Wildman–Crippen MR) is 104 cm³/mol. The van der Waals surface area contributed by atoms with Crippen molar-refractivity contribution in [2.24, 2.45) is 0 Å². The second-order valence-electron chi connectivity index (χ2n) is 6.80. The standard InChI is InChI=1S/C17H26Br2OSi/c1-17(2,3)21(4,5)20-13-16(19)15(18)12-11-14-9-7-6-8-10-14/h6-12,15-16H,13H2,1-5H3/b12-11+. The third kappa shape index (κ3) is 6.39. The van der Waals surface area contributed by atoms with Gasteiger partial charge in [0.05, 0.1) is 4.83 Å². The van der Waals surface area contributed by atoms with E-state index in [1.165, 1.54) is 5.56 Å². The Balaban J connectivity index is 2.52. The van der Waals surface area contributed by atoms with Gasteiger partial charge in [-0.1, -0.05) is 95.1 Å². The van der Waals surface area contributed by atoms with Crippen LogP contribution in [-0.4, -0.2) is 24.6 Å². The Bertz CT molecular complexity index is 452. The number of hydrogen-bond donors (Lipinski definition) is 0. The number of allylic oxidation sites excluding steroid dienone is 1. The molecule has 0 aromatic heterocycles. The highest BCUT2D eigenvalue weighted by atomic mass is 79.9. The molecule has 0 fully saturated rings. The normalized spacial score (nSPS) is 16.1. The van der Waals surface area contributed by atoms with Crippen molar-refractivity contribution in [1.29, 1.82) is 0 Å². The minimum atomic E-state index is -1.68. The van der Waals surface area contributed by atoms with Gasteiger partial charge in [-0.3, -0.25) is 0 Å². The molecule has 0 heterocycles. The largest absolute Gasteiger partial charge is 0.416 e. The predicted octanol–water partition coefficient (Wildman–Crippen LogP) is 6.25. The molecule has 0 spiro atoms. The van der Waals surface area contributed by atoms with E-state index in [2.05, 4.69) is 102 Å². The van der Waals surface area contributed by atoms with E-state index in [1.54, 1.807) is 0 Å². The number of hydrogen-bond acceptors (Lipinski definition) is 1. The van der Waals surface area contributed by atoms with Crippen molar-refractivity contribution in [3.8, 4) is 0 Å². The average molecular weight is 434 g/mol. The summed E-state index contributed by atoms with van der Waals surface area (Å²) < 4.78 is 6.26. The lowest BCUT2D eigenvalue weighted by Gasteiger charge is -2.37. The molecule has 0 saturated heterocycles. The summed E-state index contributed by atoms with van der Waals surface area (Å²) in [5.74, 6) is 0. The van der Waals surface area contributed by atoms with Crippen molar-refractivity contribution in [3.63, 3.8) is 0 Å². The van der Waals surface area contributed by atoms with E-state index in [1.807, 2.05) is 6.07 Å². The van der Waals surface area contributed by atoms with Crippen molar-refractivity contribution in [3.05, 3.63) is 42.0 Å². The summed E-state index contributed by atoms with van der Waals surface area (Å²) in [4.78, 5) is 0.522. The summed E-state index contributed by atoms with van der Waals surface area (Å²) in [6.07, 6.45) is 4.31. The Kier molecular flexibility index (Phi) is 7.38. The van der Waals surface area contributed by atoms with Gasteiger partial charge in [-0.2, -0.15) is 0 Å². The number of halogens is 2. The fourth-order valence-corrected chi connectivity index (χ4v) is 3.37. The molecule has 2 unspecified atom stereocenters. The Labute approximate surface area is 147 Å². The van der Waals surface area contributed by atoms with Crippen LogP contribution in [0, 0.1) is 0 Å². The molecule has 1 aromatic carbocycles. The molecule has 0 bridgehead atoms. The first kappa shape index (κ1) is 19.1. The number of rotatable bonds is 6. The highest BCUT2D eigenvalue weighted by Gasteiger charge is 2.37. The van der Waals surface area contributed by atoms with Gasteiger partial charge in [-0.15, -0.1) is 0 Å². The summed E-state index contributed by atoms with van der Waals surface area (Å²) in [5, 5.41) is 0.251. The van der Waals surface area contributed by atoms with E-state index in [4.69, 9.17) is 4.43 Å². The van der Waals surface area contributed by atoms with Gasteiger partial charge in [-0.05, 0) is 23.7 Å². The SMILES string of the molecule is CC(C)(C)[Si](C)(C)OCC(Br)C(Br)/C=C/c1ccccc1. The molecule has 0 amide bonds. The lowest BCUT2D eigenvalue weighted by Crippen LogP contribution is -2.42. The molecule has 0 aliphatic rings. The zero-order chi connectivity index (χ0) is 16.1. The maximum absolute atomic E-state index is 6.26. The van der Waals surface area contributed by atoms with Gasteiger partial charge in [0.15, 0.2) is 8.32 Å². The van der Waals surface area contributed by atoms with Crippen LogP contribution in [0.5, 0.6) is 0 Å². The fraction of sp³-hybridized carbons (Fsp3) is 0.529. The van der Waals surface area contributed by atoms with Gasteiger partial charge in [0.2, 0.25) is 0 Å². The van der Waals surface area contributed by atoms with Crippen molar-refractivity contribution < 1.29 is 4.43 Å². The second-order valence-corrected chi connectivity index (χ2v) is 13.8. The molecular weight excluding hydrogens is 408 g/mol. The summed E-state index contributed by atoms with van der Waals surface area (Å²) in [6.45, 7) is 12.1. The van der Waals surface area contributed by atoms with Gasteiger partial charge >= 0.3 is 0 Å². The molecule has 0 aliphatic heterocycles. The van der Waals surface area contributed by atoms with Crippen LogP contribution < -0.4 is 0 Å². The van der Waals surface area contributed by atoms with Crippen molar-refractivity contribution in [1.82, 2.24) is 0 Å². The van der Waals surface area contributed by atoms with Crippen LogP contribution in [0.4, 0.5) is 0 Å². The molecule has 0 aliphatic carbocycles. The van der Waals surface area contributed by atoms with Crippen LogP contribution in [0.3, 0.4) is 0 Å². The minimum Gasteiger partial charge on any atom is -0.416 e. The molecule has 1 aromatic rings. The van der Waals surface area contributed by atoms with E-state index in [9.17, 15) is 0 Å². The first-order valence-electron chi connectivity index (χ1n) is 7.29. The van der Waals surface area contributed by atoms with Crippen LogP contribution in [0.25, 0.3) is 6.08 Å². The maximum Gasteiger partial charge on any atom is 0.192 e. The van der Waals surface area contributed by atoms with E-state index in [-0.39, 0.29) is 14.7 Å². The number of alkyl halides is 2. The Hall–Kier alpha value is 0.0969. The van der Waals surface area contributed by atoms with Crippen LogP contribution in [0.2, 0.25) is 18.1 Å². The van der Waals surface area contributed by atoms with E-state index in [0.29, 0.717) is 0 Å². The molecule has 0 N–H and O–H groups in total. The van der Waals surface area contributed by atoms with E-state index >= 15 is 0 Å². The summed E-state index contributed by atoms with van der Waals surface area (Å²) >= 11 is 7.46. The average Bonchev–Trinajstić information content (AvgIpc) is 2.42. The summed E-state index contributed by atoms with van der Waals surface area (Å²) in [5.41, 5.74) is 1.21. The van der Waals surface area contributed by atoms with Gasteiger partial charge in [0.25, 0.3) is 0 Å². The Morgan fingerprint density at radius 1 is 1.14 bits per heavy atom. The lowest BCUT2D eigenvalue weighted by atomic mass is 10.2. The topological polar surface area (TPSA) is 9.23 Å². The molecule has 0 saturated carbocycles. The van der Waals surface area contributed by atoms with Crippen molar-refractivity contribution in [2.45, 2.75) is 48.6 Å². The first-order chi connectivity index (χ1) is 9.63. The molecule has 0 radical (unpaired) electrons. The van der Waals surface area contributed by atoms with E-state index in [0.717, 1.165) is 6.61 Å². The molecule has 2 atom stereocenters. The fourth-order valence-electron chi connectivity index (χ4n) is 1.48. The monoisotopic (exact) mass is 432 g/mol. The van der Waals surface area contributed by atoms with Crippen LogP contribution >= 0.6 is 31.9 Å². The van der Waals surface area contributed by atoms with Crippen LogP contribution in [0.1, 0.15) is 26.3 Å². The maximum atomic E-state index is 6.26. The summed E-state index contributed by atoms with van der Waals surface area (Å²) in [6, 6.07) is 10.3. The summed E-state index contributed by atoms with van der Waals surface area (Å²) in [7, 11) is -1.68. The van der Waals surface area contributed by atoms with Gasteiger partial charge in [0.1, 0.15) is 0 Å². The Morgan fingerprint density at radius 3 is 2.24 bits per heavy atom. The van der Waals surface area contributed by atoms with Crippen LogP contribution in [-0.2, 0) is 4.43 Å². The van der Waals surface area contributed by atoms with Gasteiger partial charge in [-0.25, -0.2) is 0 Å². The zero-order valence-electron chi connectivity index (χ0n) is 13.6. The number of benzene rings is 1. The molecule has 1 nitrogen and oxygen atoms in total. The minimum absolute atomic E-state index is 0.251. The van der Waals surface area contributed by atoms with Gasteiger partial charge < -0.3 is 4.43 Å². The van der Waals surface area contributed by atoms with Gasteiger partial charge in [0, 0.05) is 11.4 Å². The molecule has 4 heteroatoms. The zero-order valence-corrected chi connectivity index (χ0v) is 17.7. The third-order valence-corrected chi connectivity index (χ3v) is 11.0. The first-order valence-corrected chi connectivity index (χ1v) is 12.0. The van der Waals surface area contributed by atoms with Crippen molar-refractivity contribution in [2.75, 3.05) is 6.61 Å². The molecule has 21 heavy (non-hydrogen) atoms. The Morgan fingerprint density at radius 2 is 1.71 bits per heavy atom. The quantitative estimate of drug-likeness (QED) is 0.380. The molecular formula is C17H26Br2OSi. The van der Waals surface area contributed by atoms with Crippen LogP contribution in [0.15, 0.2) is 36.4 Å².